The summed E-state index contributed by atoms with van der Waals surface area (Å²) in [4.78, 5) is 14.0. The zero-order valence-corrected chi connectivity index (χ0v) is 14.5. The third kappa shape index (κ3) is 5.63. The second kappa shape index (κ2) is 8.56. The molecule has 0 radical (unpaired) electrons. The van der Waals surface area contributed by atoms with Crippen molar-refractivity contribution in [1.82, 2.24) is 5.32 Å². The van der Waals surface area contributed by atoms with Crippen molar-refractivity contribution in [1.29, 1.82) is 0 Å². The fraction of sp³-hybridized carbons (Fsp3) is 0.533. The molecule has 0 saturated carbocycles. The predicted molar refractivity (Wildman–Crippen MR) is 92.5 cm³/mol. The molecular formula is C15H24Cl2FN3O. The summed E-state index contributed by atoms with van der Waals surface area (Å²) in [5.41, 5.74) is 5.77. The number of anilines is 1. The molecule has 1 aliphatic heterocycles. The number of nitrogens with one attached hydrogen (secondary N) is 1. The highest BCUT2D eigenvalue weighted by atomic mass is 35.5. The Balaban J connectivity index is 0.00000220. The SMILES string of the molecule is CC(C)(N)C(=O)NC1CCCN(c2cccc(F)c2)C1.Cl.Cl. The molecule has 0 aromatic heterocycles. The molecule has 1 amide bonds. The number of nitrogens with two attached hydrogens (primary N) is 1. The lowest BCUT2D eigenvalue weighted by atomic mass is 10.0. The van der Waals surface area contributed by atoms with E-state index in [1.54, 1.807) is 19.9 Å². The van der Waals surface area contributed by atoms with Gasteiger partial charge in [0.05, 0.1) is 5.54 Å². The number of hydrogen-bond donors (Lipinski definition) is 2. The Kier molecular flexibility index (Phi) is 8.15. The lowest BCUT2D eigenvalue weighted by Crippen LogP contribution is -2.55. The number of carbonyl (C=O) groups is 1. The molecule has 1 fully saturated rings. The Bertz CT molecular complexity index is 494. The Hall–Kier alpha value is -1.04. The Morgan fingerprint density at radius 3 is 2.68 bits per heavy atom. The highest BCUT2D eigenvalue weighted by Crippen LogP contribution is 2.21. The molecule has 3 N–H and O–H groups in total. The summed E-state index contributed by atoms with van der Waals surface area (Å²) in [6, 6.07) is 6.61. The molecule has 1 heterocycles. The van der Waals surface area contributed by atoms with Crippen molar-refractivity contribution in [3.63, 3.8) is 0 Å². The van der Waals surface area contributed by atoms with Crippen LogP contribution >= 0.6 is 24.8 Å². The summed E-state index contributed by atoms with van der Waals surface area (Å²) in [7, 11) is 0. The number of amides is 1. The standard InChI is InChI=1S/C15H22FN3O.2ClH/c1-15(2,17)14(20)18-12-6-4-8-19(10-12)13-7-3-5-11(16)9-13;;/h3,5,7,9,12H,4,6,8,10,17H2,1-2H3,(H,18,20);2*1H. The fourth-order valence-corrected chi connectivity index (χ4v) is 2.37. The molecular weight excluding hydrogens is 328 g/mol. The first kappa shape index (κ1) is 21.0. The molecule has 1 atom stereocenters. The largest absolute Gasteiger partial charge is 0.369 e. The third-order valence-electron chi connectivity index (χ3n) is 3.52. The van der Waals surface area contributed by atoms with Gasteiger partial charge in [-0.1, -0.05) is 6.07 Å². The number of hydrogen-bond acceptors (Lipinski definition) is 3. The Labute approximate surface area is 143 Å². The van der Waals surface area contributed by atoms with E-state index in [0.29, 0.717) is 6.54 Å². The van der Waals surface area contributed by atoms with Crippen LogP contribution in [-0.4, -0.2) is 30.6 Å². The summed E-state index contributed by atoms with van der Waals surface area (Å²) in [5.74, 6) is -0.389. The predicted octanol–water partition coefficient (Wildman–Crippen LogP) is 2.49. The van der Waals surface area contributed by atoms with Gasteiger partial charge in [-0.3, -0.25) is 4.79 Å². The average molecular weight is 352 g/mol. The van der Waals surface area contributed by atoms with Crippen LogP contribution in [0, 0.1) is 5.82 Å². The number of nitrogens with zero attached hydrogens (tertiary/aromatic N) is 1. The van der Waals surface area contributed by atoms with Gasteiger partial charge in [-0.2, -0.15) is 0 Å². The van der Waals surface area contributed by atoms with E-state index in [0.717, 1.165) is 25.1 Å². The lowest BCUT2D eigenvalue weighted by Gasteiger charge is -2.35. The van der Waals surface area contributed by atoms with E-state index in [2.05, 4.69) is 10.2 Å². The lowest BCUT2D eigenvalue weighted by molar-refractivity contribution is -0.126. The van der Waals surface area contributed by atoms with Gasteiger partial charge < -0.3 is 16.0 Å². The summed E-state index contributed by atoms with van der Waals surface area (Å²) < 4.78 is 13.3. The van der Waals surface area contributed by atoms with E-state index in [9.17, 15) is 9.18 Å². The van der Waals surface area contributed by atoms with Crippen molar-refractivity contribution >= 4 is 36.4 Å². The molecule has 1 aromatic rings. The minimum atomic E-state index is -0.874. The quantitative estimate of drug-likeness (QED) is 0.879. The zero-order chi connectivity index (χ0) is 14.8. The van der Waals surface area contributed by atoms with Crippen LogP contribution in [0.1, 0.15) is 26.7 Å². The first-order valence-electron chi connectivity index (χ1n) is 6.96. The normalized spacial score (nSPS) is 18.0. The van der Waals surface area contributed by atoms with Crippen LogP contribution in [0.15, 0.2) is 24.3 Å². The monoisotopic (exact) mass is 351 g/mol. The zero-order valence-electron chi connectivity index (χ0n) is 12.8. The van der Waals surface area contributed by atoms with Crippen LogP contribution in [0.3, 0.4) is 0 Å². The number of piperidine rings is 1. The van der Waals surface area contributed by atoms with Crippen LogP contribution in [0.2, 0.25) is 0 Å². The first-order valence-corrected chi connectivity index (χ1v) is 6.96. The number of rotatable bonds is 3. The van der Waals surface area contributed by atoms with Crippen LogP contribution in [-0.2, 0) is 4.79 Å². The van der Waals surface area contributed by atoms with Gasteiger partial charge >= 0.3 is 0 Å². The van der Waals surface area contributed by atoms with Gasteiger partial charge in [-0.15, -0.1) is 24.8 Å². The maximum Gasteiger partial charge on any atom is 0.239 e. The fourth-order valence-electron chi connectivity index (χ4n) is 2.37. The van der Waals surface area contributed by atoms with Gasteiger partial charge in [0.25, 0.3) is 0 Å². The summed E-state index contributed by atoms with van der Waals surface area (Å²) in [6.45, 7) is 4.94. The van der Waals surface area contributed by atoms with Gasteiger partial charge in [0.15, 0.2) is 0 Å². The molecule has 4 nitrogen and oxygen atoms in total. The minimum absolute atomic E-state index is 0. The van der Waals surface area contributed by atoms with E-state index >= 15 is 0 Å². The minimum Gasteiger partial charge on any atom is -0.369 e. The highest BCUT2D eigenvalue weighted by Gasteiger charge is 2.27. The maximum absolute atomic E-state index is 13.3. The van der Waals surface area contributed by atoms with Gasteiger partial charge in [-0.25, -0.2) is 4.39 Å². The number of halogens is 3. The van der Waals surface area contributed by atoms with Crippen LogP contribution in [0.25, 0.3) is 0 Å². The number of carbonyl (C=O) groups excluding carboxylic acids is 1. The van der Waals surface area contributed by atoms with E-state index in [1.165, 1.54) is 12.1 Å². The average Bonchev–Trinajstić information content (AvgIpc) is 2.38. The second-order valence-corrected chi connectivity index (χ2v) is 5.96. The molecule has 126 valence electrons. The maximum atomic E-state index is 13.3. The van der Waals surface area contributed by atoms with Crippen molar-refractivity contribution in [3.05, 3.63) is 30.1 Å². The van der Waals surface area contributed by atoms with E-state index in [1.807, 2.05) is 6.07 Å². The van der Waals surface area contributed by atoms with Crippen LogP contribution in [0.5, 0.6) is 0 Å². The van der Waals surface area contributed by atoms with Gasteiger partial charge in [0.2, 0.25) is 5.91 Å². The molecule has 1 saturated heterocycles. The molecule has 22 heavy (non-hydrogen) atoms. The van der Waals surface area contributed by atoms with Crippen molar-refractivity contribution in [2.24, 2.45) is 5.73 Å². The summed E-state index contributed by atoms with van der Waals surface area (Å²) in [6.07, 6.45) is 1.89. The molecule has 2 rings (SSSR count). The smallest absolute Gasteiger partial charge is 0.239 e. The molecule has 0 spiro atoms. The topological polar surface area (TPSA) is 58.4 Å². The van der Waals surface area contributed by atoms with Crippen molar-refractivity contribution in [2.45, 2.75) is 38.3 Å². The Morgan fingerprint density at radius 2 is 2.09 bits per heavy atom. The van der Waals surface area contributed by atoms with E-state index in [-0.39, 0.29) is 42.6 Å². The molecule has 1 aromatic carbocycles. The van der Waals surface area contributed by atoms with Crippen LogP contribution in [0.4, 0.5) is 10.1 Å². The van der Waals surface area contributed by atoms with Crippen molar-refractivity contribution in [3.8, 4) is 0 Å². The molecule has 1 aliphatic rings. The molecule has 0 bridgehead atoms. The second-order valence-electron chi connectivity index (χ2n) is 5.96. The Morgan fingerprint density at radius 1 is 1.41 bits per heavy atom. The molecule has 0 aliphatic carbocycles. The number of benzene rings is 1. The third-order valence-corrected chi connectivity index (χ3v) is 3.52. The van der Waals surface area contributed by atoms with Gasteiger partial charge in [0, 0.05) is 24.8 Å². The van der Waals surface area contributed by atoms with Crippen LogP contribution < -0.4 is 16.0 Å². The highest BCUT2D eigenvalue weighted by molar-refractivity contribution is 5.86. The first-order chi connectivity index (χ1) is 9.36. The van der Waals surface area contributed by atoms with E-state index in [4.69, 9.17) is 5.73 Å². The molecule has 7 heteroatoms. The van der Waals surface area contributed by atoms with Crippen molar-refractivity contribution in [2.75, 3.05) is 18.0 Å². The van der Waals surface area contributed by atoms with E-state index < -0.39 is 5.54 Å². The summed E-state index contributed by atoms with van der Waals surface area (Å²) in [5, 5.41) is 2.97. The summed E-state index contributed by atoms with van der Waals surface area (Å²) >= 11 is 0. The van der Waals surface area contributed by atoms with Crippen molar-refractivity contribution < 1.29 is 9.18 Å². The molecule has 1 unspecified atom stereocenters. The van der Waals surface area contributed by atoms with Gasteiger partial charge in [0.1, 0.15) is 5.82 Å². The van der Waals surface area contributed by atoms with Gasteiger partial charge in [-0.05, 0) is 44.9 Å².